The highest BCUT2D eigenvalue weighted by atomic mass is 35.5. The summed E-state index contributed by atoms with van der Waals surface area (Å²) in [5.41, 5.74) is 1.84. The lowest BCUT2D eigenvalue weighted by molar-refractivity contribution is -0.115. The number of nitrogens with zero attached hydrogens (tertiary/aromatic N) is 1. The summed E-state index contributed by atoms with van der Waals surface area (Å²) in [5, 5.41) is 3.46. The number of aromatic amines is 1. The molecule has 1 aromatic carbocycles. The van der Waals surface area contributed by atoms with Gasteiger partial charge in [0.05, 0.1) is 11.4 Å². The van der Waals surface area contributed by atoms with Gasteiger partial charge in [-0.3, -0.25) is 4.79 Å². The van der Waals surface area contributed by atoms with Crippen molar-refractivity contribution in [3.63, 3.8) is 0 Å². The van der Waals surface area contributed by atoms with Crippen LogP contribution in [0.3, 0.4) is 0 Å². The Balaban J connectivity index is 1.75. The smallest absolute Gasteiger partial charge is 0.233 e. The van der Waals surface area contributed by atoms with Crippen molar-refractivity contribution in [2.24, 2.45) is 0 Å². The number of benzene rings is 1. The summed E-state index contributed by atoms with van der Waals surface area (Å²) in [6.45, 7) is 0. The van der Waals surface area contributed by atoms with Crippen molar-refractivity contribution in [2.75, 3.05) is 5.32 Å². The van der Waals surface area contributed by atoms with Crippen LogP contribution in [0, 0.1) is 5.95 Å². The third-order valence-electron chi connectivity index (χ3n) is 3.10. The first kappa shape index (κ1) is 13.6. The lowest BCUT2D eigenvalue weighted by Crippen LogP contribution is -2.15. The molecule has 1 amide bonds. The molecule has 0 bridgehead atoms. The minimum atomic E-state index is -0.804. The van der Waals surface area contributed by atoms with Gasteiger partial charge in [0.25, 0.3) is 0 Å². The molecule has 0 unspecified atom stereocenters. The lowest BCUT2D eigenvalue weighted by Gasteiger charge is -2.04. The number of fused-ring (bicyclic) bond motifs is 1. The molecule has 2 N–H and O–H groups in total. The van der Waals surface area contributed by atoms with Gasteiger partial charge in [-0.15, -0.1) is 0 Å². The number of carbonyl (C=O) groups excluding carboxylic acids is 1. The molecule has 2 heterocycles. The first-order valence-electron chi connectivity index (χ1n) is 6.30. The van der Waals surface area contributed by atoms with Crippen molar-refractivity contribution >= 4 is 34.2 Å². The molecule has 3 aromatic rings. The molecule has 0 saturated carbocycles. The zero-order valence-corrected chi connectivity index (χ0v) is 11.6. The van der Waals surface area contributed by atoms with Gasteiger partial charge < -0.3 is 10.3 Å². The highest BCUT2D eigenvalue weighted by molar-refractivity contribution is 6.30. The topological polar surface area (TPSA) is 57.8 Å². The van der Waals surface area contributed by atoms with E-state index in [9.17, 15) is 9.18 Å². The summed E-state index contributed by atoms with van der Waals surface area (Å²) in [7, 11) is 0. The van der Waals surface area contributed by atoms with Crippen molar-refractivity contribution in [2.45, 2.75) is 6.42 Å². The molecule has 0 saturated heterocycles. The Morgan fingerprint density at radius 3 is 2.90 bits per heavy atom. The first-order chi connectivity index (χ1) is 10.1. The van der Waals surface area contributed by atoms with E-state index < -0.39 is 5.95 Å². The monoisotopic (exact) mass is 303 g/mol. The van der Waals surface area contributed by atoms with Gasteiger partial charge in [0.1, 0.15) is 5.82 Å². The van der Waals surface area contributed by atoms with Crippen LogP contribution in [0.4, 0.5) is 10.2 Å². The molecule has 21 heavy (non-hydrogen) atoms. The molecule has 3 rings (SSSR count). The predicted octanol–water partition coefficient (Wildman–Crippen LogP) is 3.54. The number of rotatable bonds is 3. The molecule has 0 spiro atoms. The molecule has 0 atom stereocenters. The van der Waals surface area contributed by atoms with Crippen molar-refractivity contribution < 1.29 is 9.18 Å². The van der Waals surface area contributed by atoms with Crippen LogP contribution in [0.2, 0.25) is 5.02 Å². The molecule has 0 aliphatic heterocycles. The number of amides is 1. The van der Waals surface area contributed by atoms with Gasteiger partial charge in [-0.25, -0.2) is 4.98 Å². The highest BCUT2D eigenvalue weighted by Crippen LogP contribution is 2.19. The number of pyridine rings is 1. The van der Waals surface area contributed by atoms with Crippen LogP contribution in [0.5, 0.6) is 0 Å². The largest absolute Gasteiger partial charge is 0.361 e. The number of H-pyrrole nitrogens is 1. The average Bonchev–Trinajstić information content (AvgIpc) is 2.86. The van der Waals surface area contributed by atoms with Crippen LogP contribution in [0.1, 0.15) is 5.56 Å². The average molecular weight is 304 g/mol. The van der Waals surface area contributed by atoms with E-state index >= 15 is 0 Å². The van der Waals surface area contributed by atoms with E-state index in [-0.39, 0.29) is 23.2 Å². The Bertz CT molecular complexity index is 816. The summed E-state index contributed by atoms with van der Waals surface area (Å²) >= 11 is 5.54. The van der Waals surface area contributed by atoms with Gasteiger partial charge in [0.15, 0.2) is 0 Å². The van der Waals surface area contributed by atoms with Crippen LogP contribution < -0.4 is 5.32 Å². The number of hydrogen-bond donors (Lipinski definition) is 2. The SMILES string of the molecule is O=C(Cc1c[nH]c2ccccc12)Nc1ccc(Cl)c(F)n1. The van der Waals surface area contributed by atoms with E-state index in [1.807, 2.05) is 24.3 Å². The summed E-state index contributed by atoms with van der Waals surface area (Å²) < 4.78 is 13.2. The normalized spacial score (nSPS) is 10.8. The highest BCUT2D eigenvalue weighted by Gasteiger charge is 2.10. The Morgan fingerprint density at radius 1 is 1.29 bits per heavy atom. The van der Waals surface area contributed by atoms with E-state index in [0.29, 0.717) is 0 Å². The number of aromatic nitrogens is 2. The fraction of sp³-hybridized carbons (Fsp3) is 0.0667. The van der Waals surface area contributed by atoms with Crippen LogP contribution in [0.25, 0.3) is 10.9 Å². The van der Waals surface area contributed by atoms with Crippen LogP contribution in [0.15, 0.2) is 42.6 Å². The molecular formula is C15H11ClFN3O. The maximum Gasteiger partial charge on any atom is 0.233 e. The molecule has 0 fully saturated rings. The Labute approximate surface area is 125 Å². The van der Waals surface area contributed by atoms with Gasteiger partial charge in [-0.2, -0.15) is 4.39 Å². The summed E-state index contributed by atoms with van der Waals surface area (Å²) in [4.78, 5) is 18.7. The Kier molecular flexibility index (Phi) is 3.58. The predicted molar refractivity (Wildman–Crippen MR) is 79.8 cm³/mol. The van der Waals surface area contributed by atoms with E-state index in [4.69, 9.17) is 11.6 Å². The van der Waals surface area contributed by atoms with Crippen molar-refractivity contribution in [3.8, 4) is 0 Å². The van der Waals surface area contributed by atoms with Crippen molar-refractivity contribution in [1.82, 2.24) is 9.97 Å². The Hall–Kier alpha value is -2.40. The van der Waals surface area contributed by atoms with E-state index in [0.717, 1.165) is 16.5 Å². The number of nitrogens with one attached hydrogen (secondary N) is 2. The zero-order chi connectivity index (χ0) is 14.8. The Morgan fingerprint density at radius 2 is 2.10 bits per heavy atom. The lowest BCUT2D eigenvalue weighted by atomic mass is 10.1. The number of para-hydroxylation sites is 1. The molecular weight excluding hydrogens is 293 g/mol. The second-order valence-electron chi connectivity index (χ2n) is 4.55. The maximum atomic E-state index is 13.2. The van der Waals surface area contributed by atoms with Gasteiger partial charge in [-0.1, -0.05) is 29.8 Å². The minimum absolute atomic E-state index is 0.0790. The second kappa shape index (κ2) is 5.54. The molecule has 0 aliphatic rings. The van der Waals surface area contributed by atoms with Gasteiger partial charge in [0.2, 0.25) is 11.9 Å². The number of carbonyl (C=O) groups is 1. The fourth-order valence-corrected chi connectivity index (χ4v) is 2.23. The van der Waals surface area contributed by atoms with Crippen LogP contribution in [-0.2, 0) is 11.2 Å². The summed E-state index contributed by atoms with van der Waals surface area (Å²) in [5.74, 6) is -0.933. The summed E-state index contributed by atoms with van der Waals surface area (Å²) in [6, 6.07) is 10.5. The van der Waals surface area contributed by atoms with E-state index in [1.165, 1.54) is 12.1 Å². The molecule has 2 aromatic heterocycles. The fourth-order valence-electron chi connectivity index (χ4n) is 2.12. The standard InChI is InChI=1S/C15H11ClFN3O/c16-11-5-6-13(20-15(11)17)19-14(21)7-9-8-18-12-4-2-1-3-10(9)12/h1-6,8,18H,7H2,(H,19,20,21). The van der Waals surface area contributed by atoms with Gasteiger partial charge in [-0.05, 0) is 23.8 Å². The third kappa shape index (κ3) is 2.87. The van der Waals surface area contributed by atoms with E-state index in [2.05, 4.69) is 15.3 Å². The van der Waals surface area contributed by atoms with Crippen molar-refractivity contribution in [3.05, 3.63) is 59.1 Å². The molecule has 6 heteroatoms. The molecule has 106 valence electrons. The number of halogens is 2. The van der Waals surface area contributed by atoms with Gasteiger partial charge >= 0.3 is 0 Å². The van der Waals surface area contributed by atoms with E-state index in [1.54, 1.807) is 6.20 Å². The van der Waals surface area contributed by atoms with Crippen LogP contribution in [-0.4, -0.2) is 15.9 Å². The minimum Gasteiger partial charge on any atom is -0.361 e. The number of anilines is 1. The summed E-state index contributed by atoms with van der Waals surface area (Å²) in [6.07, 6.45) is 1.97. The molecule has 0 aliphatic carbocycles. The second-order valence-corrected chi connectivity index (χ2v) is 4.96. The quantitative estimate of drug-likeness (QED) is 0.727. The molecule has 0 radical (unpaired) electrons. The molecule has 4 nitrogen and oxygen atoms in total. The third-order valence-corrected chi connectivity index (χ3v) is 3.38. The van der Waals surface area contributed by atoms with Crippen molar-refractivity contribution in [1.29, 1.82) is 0 Å². The maximum absolute atomic E-state index is 13.2. The first-order valence-corrected chi connectivity index (χ1v) is 6.68. The zero-order valence-electron chi connectivity index (χ0n) is 10.9. The van der Waals surface area contributed by atoms with Crippen LogP contribution >= 0.6 is 11.6 Å². The number of hydrogen-bond acceptors (Lipinski definition) is 2. The van der Waals surface area contributed by atoms with Gasteiger partial charge in [0, 0.05) is 17.1 Å².